The quantitative estimate of drug-likeness (QED) is 0.127. The molecule has 8 heteroatoms. The van der Waals surface area contributed by atoms with Crippen LogP contribution in [0, 0.1) is 0 Å². The van der Waals surface area contributed by atoms with Crippen molar-refractivity contribution in [3.05, 3.63) is 0 Å². The third kappa shape index (κ3) is 12.8. The van der Waals surface area contributed by atoms with Crippen molar-refractivity contribution in [2.75, 3.05) is 0 Å². The standard InChI is InChI=1S/C20H44N6O2/c1-3-4-5-6-7-8-9-10-11-12-13-14-15-18(26(24)20(22)28)16-17(2)25(23)19(21)27/h17-18H,3-16,23-24H2,1-2H3,(H2,21,27)(H2,22,28). The summed E-state index contributed by atoms with van der Waals surface area (Å²) in [6, 6.07) is -1.98. The number of primary amides is 2. The molecule has 28 heavy (non-hydrogen) atoms. The molecule has 2 atom stereocenters. The van der Waals surface area contributed by atoms with Crippen LogP contribution in [-0.2, 0) is 0 Å². The van der Waals surface area contributed by atoms with Gasteiger partial charge in [-0.15, -0.1) is 0 Å². The van der Waals surface area contributed by atoms with Crippen LogP contribution in [0.15, 0.2) is 0 Å². The van der Waals surface area contributed by atoms with Gasteiger partial charge in [-0.1, -0.05) is 84.0 Å². The number of urea groups is 2. The number of hydrogen-bond donors (Lipinski definition) is 4. The van der Waals surface area contributed by atoms with Gasteiger partial charge in [0, 0.05) is 6.04 Å². The molecule has 0 aromatic rings. The first-order valence-electron chi connectivity index (χ1n) is 11.0. The van der Waals surface area contributed by atoms with Crippen LogP contribution in [0.1, 0.15) is 104 Å². The molecule has 0 aliphatic rings. The number of nitrogens with two attached hydrogens (primary N) is 4. The summed E-state index contributed by atoms with van der Waals surface area (Å²) in [5, 5.41) is 2.01. The topological polar surface area (TPSA) is 145 Å². The summed E-state index contributed by atoms with van der Waals surface area (Å²) >= 11 is 0. The van der Waals surface area contributed by atoms with Crippen molar-refractivity contribution < 1.29 is 9.59 Å². The summed E-state index contributed by atoms with van der Waals surface area (Å²) in [5.74, 6) is 11.4. The lowest BCUT2D eigenvalue weighted by Crippen LogP contribution is -2.53. The Morgan fingerprint density at radius 3 is 1.50 bits per heavy atom. The van der Waals surface area contributed by atoms with Crippen LogP contribution in [0.4, 0.5) is 9.59 Å². The van der Waals surface area contributed by atoms with Gasteiger partial charge in [0.1, 0.15) is 0 Å². The van der Waals surface area contributed by atoms with Crippen LogP contribution >= 0.6 is 0 Å². The molecule has 0 heterocycles. The fourth-order valence-corrected chi connectivity index (χ4v) is 3.50. The van der Waals surface area contributed by atoms with Crippen molar-refractivity contribution in [1.29, 1.82) is 0 Å². The Labute approximate surface area is 171 Å². The van der Waals surface area contributed by atoms with Crippen molar-refractivity contribution in [1.82, 2.24) is 10.0 Å². The molecule has 0 radical (unpaired) electrons. The van der Waals surface area contributed by atoms with Crippen LogP contribution in [0.3, 0.4) is 0 Å². The number of unbranched alkanes of at least 4 members (excludes halogenated alkanes) is 11. The van der Waals surface area contributed by atoms with Crippen molar-refractivity contribution in [3.63, 3.8) is 0 Å². The number of amides is 4. The van der Waals surface area contributed by atoms with Gasteiger partial charge < -0.3 is 11.5 Å². The Bertz CT molecular complexity index is 422. The molecule has 0 spiro atoms. The highest BCUT2D eigenvalue weighted by atomic mass is 16.2. The zero-order chi connectivity index (χ0) is 21.4. The minimum absolute atomic E-state index is 0.263. The number of hydrogen-bond acceptors (Lipinski definition) is 4. The second-order valence-electron chi connectivity index (χ2n) is 7.91. The summed E-state index contributed by atoms with van der Waals surface area (Å²) in [6.45, 7) is 4.02. The Hall–Kier alpha value is -1.54. The average molecular weight is 401 g/mol. The van der Waals surface area contributed by atoms with Crippen molar-refractivity contribution in [2.24, 2.45) is 23.2 Å². The van der Waals surface area contributed by atoms with Crippen molar-refractivity contribution in [2.45, 2.75) is 116 Å². The molecular formula is C20H44N6O2. The number of rotatable bonds is 17. The first-order chi connectivity index (χ1) is 13.3. The third-order valence-corrected chi connectivity index (χ3v) is 5.38. The molecule has 0 saturated heterocycles. The molecule has 8 nitrogen and oxygen atoms in total. The molecule has 0 fully saturated rings. The second-order valence-corrected chi connectivity index (χ2v) is 7.91. The number of nitrogens with zero attached hydrogens (tertiary/aromatic N) is 2. The summed E-state index contributed by atoms with van der Waals surface area (Å²) in [4.78, 5) is 22.6. The molecule has 0 saturated carbocycles. The summed E-state index contributed by atoms with van der Waals surface area (Å²) < 4.78 is 0. The van der Waals surface area contributed by atoms with Crippen LogP contribution in [0.5, 0.6) is 0 Å². The fourth-order valence-electron chi connectivity index (χ4n) is 3.50. The number of carbonyl (C=O) groups excluding carboxylic acids is 2. The van der Waals surface area contributed by atoms with E-state index in [1.54, 1.807) is 6.92 Å². The van der Waals surface area contributed by atoms with Gasteiger partial charge in [0.05, 0.1) is 6.04 Å². The lowest BCUT2D eigenvalue weighted by molar-refractivity contribution is 0.144. The van der Waals surface area contributed by atoms with Gasteiger partial charge in [-0.2, -0.15) is 0 Å². The van der Waals surface area contributed by atoms with E-state index in [9.17, 15) is 9.59 Å². The highest BCUT2D eigenvalue weighted by Gasteiger charge is 2.24. The van der Waals surface area contributed by atoms with E-state index >= 15 is 0 Å². The molecule has 0 aromatic heterocycles. The molecule has 0 aromatic carbocycles. The van der Waals surface area contributed by atoms with Crippen molar-refractivity contribution >= 4 is 12.1 Å². The maximum absolute atomic E-state index is 11.4. The van der Waals surface area contributed by atoms with Crippen LogP contribution in [-0.4, -0.2) is 34.2 Å². The molecule has 0 bridgehead atoms. The molecule has 8 N–H and O–H groups in total. The normalized spacial score (nSPS) is 13.1. The Morgan fingerprint density at radius 1 is 0.714 bits per heavy atom. The monoisotopic (exact) mass is 400 g/mol. The molecule has 2 unspecified atom stereocenters. The first-order valence-corrected chi connectivity index (χ1v) is 11.0. The van der Waals surface area contributed by atoms with Gasteiger partial charge in [-0.3, -0.25) is 10.0 Å². The van der Waals surface area contributed by atoms with E-state index in [1.807, 2.05) is 0 Å². The predicted molar refractivity (Wildman–Crippen MR) is 115 cm³/mol. The molecule has 0 aliphatic carbocycles. The first kappa shape index (κ1) is 26.5. The van der Waals surface area contributed by atoms with E-state index < -0.39 is 12.1 Å². The van der Waals surface area contributed by atoms with Gasteiger partial charge in [0.2, 0.25) is 0 Å². The maximum Gasteiger partial charge on any atom is 0.329 e. The highest BCUT2D eigenvalue weighted by molar-refractivity contribution is 5.72. The molecular weight excluding hydrogens is 356 g/mol. The van der Waals surface area contributed by atoms with E-state index in [0.717, 1.165) is 29.3 Å². The fraction of sp³-hybridized carbons (Fsp3) is 0.900. The van der Waals surface area contributed by atoms with Crippen molar-refractivity contribution in [3.8, 4) is 0 Å². The van der Waals surface area contributed by atoms with E-state index in [4.69, 9.17) is 23.2 Å². The average Bonchev–Trinajstić information content (AvgIpc) is 2.66. The Balaban J connectivity index is 3.97. The van der Waals surface area contributed by atoms with Crippen LogP contribution in [0.25, 0.3) is 0 Å². The van der Waals surface area contributed by atoms with Crippen LogP contribution < -0.4 is 23.2 Å². The molecule has 166 valence electrons. The molecule has 0 rings (SSSR count). The SMILES string of the molecule is CCCCCCCCCCCCCCC(CC(C)N(N)C(N)=O)N(N)C(N)=O. The maximum atomic E-state index is 11.4. The minimum Gasteiger partial charge on any atom is -0.350 e. The van der Waals surface area contributed by atoms with Gasteiger partial charge >= 0.3 is 12.1 Å². The number of carbonyl (C=O) groups is 2. The van der Waals surface area contributed by atoms with E-state index in [0.29, 0.717) is 6.42 Å². The third-order valence-electron chi connectivity index (χ3n) is 5.38. The smallest absolute Gasteiger partial charge is 0.329 e. The lowest BCUT2D eigenvalue weighted by atomic mass is 9.99. The summed E-state index contributed by atoms with van der Waals surface area (Å²) in [5.41, 5.74) is 10.5. The van der Waals surface area contributed by atoms with E-state index in [1.165, 1.54) is 64.2 Å². The van der Waals surface area contributed by atoms with Gasteiger partial charge in [-0.25, -0.2) is 21.3 Å². The predicted octanol–water partition coefficient (Wildman–Crippen LogP) is 3.73. The summed E-state index contributed by atoms with van der Waals surface area (Å²) in [7, 11) is 0. The van der Waals surface area contributed by atoms with E-state index in [-0.39, 0.29) is 12.1 Å². The Kier molecular flexibility index (Phi) is 15.5. The van der Waals surface area contributed by atoms with Gasteiger partial charge in [0.15, 0.2) is 0 Å². The largest absolute Gasteiger partial charge is 0.350 e. The molecule has 4 amide bonds. The zero-order valence-corrected chi connectivity index (χ0v) is 18.1. The summed E-state index contributed by atoms with van der Waals surface area (Å²) in [6.07, 6.45) is 16.4. The van der Waals surface area contributed by atoms with E-state index in [2.05, 4.69) is 6.92 Å². The second kappa shape index (κ2) is 16.4. The molecule has 0 aliphatic heterocycles. The van der Waals surface area contributed by atoms with Crippen LogP contribution in [0.2, 0.25) is 0 Å². The van der Waals surface area contributed by atoms with Gasteiger partial charge in [0.25, 0.3) is 0 Å². The minimum atomic E-state index is -0.709. The zero-order valence-electron chi connectivity index (χ0n) is 18.1. The highest BCUT2D eigenvalue weighted by Crippen LogP contribution is 2.17. The van der Waals surface area contributed by atoms with Gasteiger partial charge in [-0.05, 0) is 19.8 Å². The lowest BCUT2D eigenvalue weighted by Gasteiger charge is -2.31. The Morgan fingerprint density at radius 2 is 1.11 bits per heavy atom. The number of hydrazine groups is 2.